The summed E-state index contributed by atoms with van der Waals surface area (Å²) in [6, 6.07) is 8.94. The topological polar surface area (TPSA) is 12.0 Å². The molecule has 0 radical (unpaired) electrons. The highest BCUT2D eigenvalue weighted by Crippen LogP contribution is 2.41. The average molecular weight is 217 g/mol. The maximum absolute atomic E-state index is 3.18. The van der Waals surface area contributed by atoms with E-state index in [-0.39, 0.29) is 0 Å². The molecular weight excluding hydrogens is 194 g/mol. The Kier molecular flexibility index (Phi) is 3.22. The number of anilines is 1. The second-order valence-electron chi connectivity index (χ2n) is 5.53. The first-order valence-electron chi connectivity index (χ1n) is 6.43. The lowest BCUT2D eigenvalue weighted by Gasteiger charge is -2.32. The third-order valence-electron chi connectivity index (χ3n) is 4.29. The number of hydrogen-bond donors (Lipinski definition) is 1. The van der Waals surface area contributed by atoms with Crippen molar-refractivity contribution in [1.82, 2.24) is 0 Å². The summed E-state index contributed by atoms with van der Waals surface area (Å²) in [5.74, 6) is 0.868. The lowest BCUT2D eigenvalue weighted by molar-refractivity contribution is 0.325. The highest BCUT2D eigenvalue weighted by atomic mass is 14.8. The summed E-state index contributed by atoms with van der Waals surface area (Å²) in [4.78, 5) is 0. The van der Waals surface area contributed by atoms with Crippen molar-refractivity contribution in [2.75, 3.05) is 12.4 Å². The van der Waals surface area contributed by atoms with Crippen molar-refractivity contribution in [3.05, 3.63) is 29.8 Å². The summed E-state index contributed by atoms with van der Waals surface area (Å²) in [6.45, 7) is 4.80. The van der Waals surface area contributed by atoms with Crippen molar-refractivity contribution in [2.45, 2.75) is 44.9 Å². The quantitative estimate of drug-likeness (QED) is 0.800. The number of benzene rings is 1. The molecule has 0 spiro atoms. The van der Waals surface area contributed by atoms with Crippen LogP contribution in [-0.4, -0.2) is 7.05 Å². The smallest absolute Gasteiger partial charge is 0.0337 e. The normalized spacial score (nSPS) is 17.7. The van der Waals surface area contributed by atoms with E-state index in [2.05, 4.69) is 43.4 Å². The first-order valence-corrected chi connectivity index (χ1v) is 6.43. The minimum Gasteiger partial charge on any atom is -0.388 e. The second kappa shape index (κ2) is 4.48. The zero-order valence-electron chi connectivity index (χ0n) is 10.7. The van der Waals surface area contributed by atoms with Gasteiger partial charge in [0.05, 0.1) is 0 Å². The predicted octanol–water partition coefficient (Wildman–Crippen LogP) is 4.20. The lowest BCUT2D eigenvalue weighted by atomic mass is 9.72. The van der Waals surface area contributed by atoms with Crippen LogP contribution in [0.3, 0.4) is 0 Å². The fraction of sp³-hybridized carbons (Fsp3) is 0.600. The summed E-state index contributed by atoms with van der Waals surface area (Å²) in [7, 11) is 1.97. The summed E-state index contributed by atoms with van der Waals surface area (Å²) in [6.07, 6.45) is 5.65. The molecule has 1 N–H and O–H groups in total. The SMILES string of the molecule is CNc1ccc(C(C)(C)C2CCCC2)cc1. The van der Waals surface area contributed by atoms with Gasteiger partial charge in [0.1, 0.15) is 0 Å². The zero-order chi connectivity index (χ0) is 11.6. The minimum absolute atomic E-state index is 0.336. The van der Waals surface area contributed by atoms with Crippen LogP contribution in [0.4, 0.5) is 5.69 Å². The van der Waals surface area contributed by atoms with E-state index in [1.54, 1.807) is 0 Å². The number of rotatable bonds is 3. The van der Waals surface area contributed by atoms with Gasteiger partial charge in [-0.2, -0.15) is 0 Å². The Morgan fingerprint density at radius 2 is 1.62 bits per heavy atom. The maximum Gasteiger partial charge on any atom is 0.0337 e. The van der Waals surface area contributed by atoms with E-state index < -0.39 is 0 Å². The molecule has 0 bridgehead atoms. The molecule has 1 aromatic rings. The molecule has 1 saturated carbocycles. The van der Waals surface area contributed by atoms with Crippen LogP contribution in [0.15, 0.2) is 24.3 Å². The van der Waals surface area contributed by atoms with Gasteiger partial charge in [0.15, 0.2) is 0 Å². The molecule has 88 valence electrons. The molecule has 1 aliphatic rings. The van der Waals surface area contributed by atoms with Gasteiger partial charge in [-0.1, -0.05) is 38.8 Å². The van der Waals surface area contributed by atoms with Crippen LogP contribution in [0.1, 0.15) is 45.1 Å². The lowest BCUT2D eigenvalue weighted by Crippen LogP contribution is -2.26. The zero-order valence-corrected chi connectivity index (χ0v) is 10.7. The van der Waals surface area contributed by atoms with E-state index in [0.29, 0.717) is 5.41 Å². The van der Waals surface area contributed by atoms with Crippen molar-refractivity contribution >= 4 is 5.69 Å². The van der Waals surface area contributed by atoms with Gasteiger partial charge in [-0.15, -0.1) is 0 Å². The Morgan fingerprint density at radius 3 is 2.12 bits per heavy atom. The fourth-order valence-corrected chi connectivity index (χ4v) is 2.95. The molecule has 0 saturated heterocycles. The average Bonchev–Trinajstić information content (AvgIpc) is 2.83. The van der Waals surface area contributed by atoms with Crippen LogP contribution < -0.4 is 5.32 Å². The summed E-state index contributed by atoms with van der Waals surface area (Å²) in [5.41, 5.74) is 3.02. The second-order valence-corrected chi connectivity index (χ2v) is 5.53. The van der Waals surface area contributed by atoms with Gasteiger partial charge < -0.3 is 5.32 Å². The van der Waals surface area contributed by atoms with Gasteiger partial charge in [0.25, 0.3) is 0 Å². The molecule has 0 atom stereocenters. The van der Waals surface area contributed by atoms with Gasteiger partial charge in [0, 0.05) is 12.7 Å². The molecule has 1 fully saturated rings. The van der Waals surface area contributed by atoms with Crippen molar-refractivity contribution in [3.63, 3.8) is 0 Å². The van der Waals surface area contributed by atoms with Gasteiger partial charge in [-0.25, -0.2) is 0 Å². The first kappa shape index (κ1) is 11.5. The van der Waals surface area contributed by atoms with Crippen molar-refractivity contribution in [1.29, 1.82) is 0 Å². The van der Waals surface area contributed by atoms with Crippen molar-refractivity contribution in [3.8, 4) is 0 Å². The fourth-order valence-electron chi connectivity index (χ4n) is 2.95. The molecule has 0 aromatic heterocycles. The number of hydrogen-bond acceptors (Lipinski definition) is 1. The maximum atomic E-state index is 3.18. The summed E-state index contributed by atoms with van der Waals surface area (Å²) >= 11 is 0. The summed E-state index contributed by atoms with van der Waals surface area (Å²) in [5, 5.41) is 3.18. The van der Waals surface area contributed by atoms with Gasteiger partial charge >= 0.3 is 0 Å². The van der Waals surface area contributed by atoms with Crippen LogP contribution >= 0.6 is 0 Å². The molecular formula is C15H23N. The van der Waals surface area contributed by atoms with Crippen LogP contribution in [0.2, 0.25) is 0 Å². The highest BCUT2D eigenvalue weighted by molar-refractivity contribution is 5.45. The van der Waals surface area contributed by atoms with Crippen LogP contribution in [0.5, 0.6) is 0 Å². The predicted molar refractivity (Wildman–Crippen MR) is 71.0 cm³/mol. The van der Waals surface area contributed by atoms with Crippen LogP contribution in [-0.2, 0) is 5.41 Å². The van der Waals surface area contributed by atoms with Crippen molar-refractivity contribution in [2.24, 2.45) is 5.92 Å². The molecule has 1 heteroatoms. The van der Waals surface area contributed by atoms with E-state index in [1.165, 1.54) is 36.9 Å². The Bertz CT molecular complexity index is 331. The molecule has 1 aromatic carbocycles. The number of nitrogens with one attached hydrogen (secondary N) is 1. The summed E-state index contributed by atoms with van der Waals surface area (Å²) < 4.78 is 0. The molecule has 2 rings (SSSR count). The van der Waals surface area contributed by atoms with E-state index in [0.717, 1.165) is 5.92 Å². The van der Waals surface area contributed by atoms with E-state index in [9.17, 15) is 0 Å². The molecule has 0 unspecified atom stereocenters. The van der Waals surface area contributed by atoms with E-state index in [4.69, 9.17) is 0 Å². The standard InChI is InChI=1S/C15H23N/c1-15(2,12-6-4-5-7-12)13-8-10-14(16-3)11-9-13/h8-12,16H,4-7H2,1-3H3. The molecule has 16 heavy (non-hydrogen) atoms. The molecule has 0 heterocycles. The Balaban J connectivity index is 2.20. The molecule has 1 nitrogen and oxygen atoms in total. The van der Waals surface area contributed by atoms with Crippen LogP contribution in [0, 0.1) is 5.92 Å². The van der Waals surface area contributed by atoms with Gasteiger partial charge in [0.2, 0.25) is 0 Å². The Morgan fingerprint density at radius 1 is 1.06 bits per heavy atom. The highest BCUT2D eigenvalue weighted by Gasteiger charge is 2.32. The minimum atomic E-state index is 0.336. The van der Waals surface area contributed by atoms with E-state index in [1.807, 2.05) is 7.05 Å². The molecule has 1 aliphatic carbocycles. The molecule has 0 aliphatic heterocycles. The van der Waals surface area contributed by atoms with Gasteiger partial charge in [-0.3, -0.25) is 0 Å². The Labute approximate surface area is 99.3 Å². The molecule has 0 amide bonds. The third-order valence-corrected chi connectivity index (χ3v) is 4.29. The largest absolute Gasteiger partial charge is 0.388 e. The van der Waals surface area contributed by atoms with Gasteiger partial charge in [-0.05, 0) is 41.9 Å². The first-order chi connectivity index (χ1) is 7.64. The monoisotopic (exact) mass is 217 g/mol. The Hall–Kier alpha value is -0.980. The van der Waals surface area contributed by atoms with E-state index >= 15 is 0 Å². The van der Waals surface area contributed by atoms with Crippen molar-refractivity contribution < 1.29 is 0 Å². The van der Waals surface area contributed by atoms with Crippen LogP contribution in [0.25, 0.3) is 0 Å². The third kappa shape index (κ3) is 2.09.